The van der Waals surface area contributed by atoms with Gasteiger partial charge in [-0.15, -0.1) is 0 Å². The third-order valence-corrected chi connectivity index (χ3v) is 3.80. The number of rotatable bonds is 10. The summed E-state index contributed by atoms with van der Waals surface area (Å²) < 4.78 is 10.6. The fraction of sp³-hybridized carbons (Fsp3) is 0.529. The minimum absolute atomic E-state index is 0.00229. The van der Waals surface area contributed by atoms with Gasteiger partial charge < -0.3 is 19.7 Å². The molecular weight excluding hydrogens is 340 g/mol. The Balaban J connectivity index is 2.07. The van der Waals surface area contributed by atoms with Gasteiger partial charge in [0.05, 0.1) is 23.7 Å². The van der Waals surface area contributed by atoms with Crippen molar-refractivity contribution in [3.63, 3.8) is 0 Å². The van der Waals surface area contributed by atoms with Gasteiger partial charge in [0.15, 0.2) is 0 Å². The number of nitro benzene ring substituents is 1. The van der Waals surface area contributed by atoms with Crippen LogP contribution in [0.5, 0.6) is 0 Å². The number of nitrogens with zero attached hydrogens (tertiary/aromatic N) is 3. The standard InChI is InChI=1S/C17H24N4O5/c1-4-25-10-14(22)9-18-15(11(2)3)17-19-16(20-26-17)12-5-7-13(8-6-12)21(23)24/h5-8,11,14-15,18,22H,4,9-10H2,1-3H3. The van der Waals surface area contributed by atoms with Crippen molar-refractivity contribution < 1.29 is 19.3 Å². The highest BCUT2D eigenvalue weighted by atomic mass is 16.6. The molecule has 1 aromatic heterocycles. The van der Waals surface area contributed by atoms with Gasteiger partial charge in [-0.05, 0) is 25.0 Å². The molecule has 0 aliphatic heterocycles. The second-order valence-corrected chi connectivity index (χ2v) is 6.20. The first-order chi connectivity index (χ1) is 12.4. The molecule has 0 saturated heterocycles. The van der Waals surface area contributed by atoms with Crippen LogP contribution in [-0.2, 0) is 4.74 Å². The van der Waals surface area contributed by atoms with Crippen LogP contribution in [0.15, 0.2) is 28.8 Å². The van der Waals surface area contributed by atoms with Gasteiger partial charge in [-0.25, -0.2) is 0 Å². The molecule has 2 rings (SSSR count). The topological polar surface area (TPSA) is 124 Å². The van der Waals surface area contributed by atoms with Gasteiger partial charge in [-0.2, -0.15) is 4.98 Å². The zero-order valence-corrected chi connectivity index (χ0v) is 15.1. The van der Waals surface area contributed by atoms with Crippen molar-refractivity contribution in [2.75, 3.05) is 19.8 Å². The van der Waals surface area contributed by atoms with Gasteiger partial charge in [-0.3, -0.25) is 10.1 Å². The van der Waals surface area contributed by atoms with Crippen LogP contribution in [0.3, 0.4) is 0 Å². The van der Waals surface area contributed by atoms with Crippen molar-refractivity contribution in [3.8, 4) is 11.4 Å². The first-order valence-electron chi connectivity index (χ1n) is 8.50. The number of aliphatic hydroxyl groups excluding tert-OH is 1. The highest BCUT2D eigenvalue weighted by Gasteiger charge is 2.23. The third kappa shape index (κ3) is 5.32. The molecule has 1 aromatic carbocycles. The summed E-state index contributed by atoms with van der Waals surface area (Å²) in [4.78, 5) is 14.7. The lowest BCUT2D eigenvalue weighted by Gasteiger charge is -2.20. The number of nitrogens with one attached hydrogen (secondary N) is 1. The maximum Gasteiger partial charge on any atom is 0.269 e. The van der Waals surface area contributed by atoms with Crippen LogP contribution in [0, 0.1) is 16.0 Å². The molecule has 0 amide bonds. The second-order valence-electron chi connectivity index (χ2n) is 6.20. The quantitative estimate of drug-likeness (QED) is 0.486. The summed E-state index contributed by atoms with van der Waals surface area (Å²) in [5, 5.41) is 27.8. The highest BCUT2D eigenvalue weighted by molar-refractivity contribution is 5.56. The summed E-state index contributed by atoms with van der Waals surface area (Å²) in [6, 6.07) is 5.72. The molecule has 0 radical (unpaired) electrons. The second kappa shape index (κ2) is 9.37. The Bertz CT molecular complexity index is 701. The van der Waals surface area contributed by atoms with Crippen LogP contribution >= 0.6 is 0 Å². The minimum Gasteiger partial charge on any atom is -0.389 e. The van der Waals surface area contributed by atoms with Crippen LogP contribution < -0.4 is 5.32 Å². The zero-order valence-electron chi connectivity index (χ0n) is 15.1. The molecule has 0 saturated carbocycles. The summed E-state index contributed by atoms with van der Waals surface area (Å²) in [5.41, 5.74) is 0.631. The molecule has 1 heterocycles. The summed E-state index contributed by atoms with van der Waals surface area (Å²) in [7, 11) is 0. The Morgan fingerprint density at radius 2 is 2.04 bits per heavy atom. The molecular formula is C17H24N4O5. The fourth-order valence-electron chi connectivity index (χ4n) is 2.39. The lowest BCUT2D eigenvalue weighted by molar-refractivity contribution is -0.384. The van der Waals surface area contributed by atoms with Gasteiger partial charge in [-0.1, -0.05) is 19.0 Å². The Labute approximate surface area is 151 Å². The first kappa shape index (κ1) is 20.0. The van der Waals surface area contributed by atoms with E-state index >= 15 is 0 Å². The maximum atomic E-state index is 10.7. The van der Waals surface area contributed by atoms with Crippen molar-refractivity contribution in [1.82, 2.24) is 15.5 Å². The van der Waals surface area contributed by atoms with Crippen molar-refractivity contribution in [3.05, 3.63) is 40.3 Å². The van der Waals surface area contributed by atoms with Crippen LogP contribution in [0.25, 0.3) is 11.4 Å². The molecule has 0 spiro atoms. The molecule has 142 valence electrons. The molecule has 0 fully saturated rings. The van der Waals surface area contributed by atoms with E-state index in [1.54, 1.807) is 12.1 Å². The summed E-state index contributed by atoms with van der Waals surface area (Å²) >= 11 is 0. The monoisotopic (exact) mass is 364 g/mol. The highest BCUT2D eigenvalue weighted by Crippen LogP contribution is 2.24. The van der Waals surface area contributed by atoms with E-state index in [-0.39, 0.29) is 24.3 Å². The van der Waals surface area contributed by atoms with E-state index in [4.69, 9.17) is 9.26 Å². The number of aromatic nitrogens is 2. The van der Waals surface area contributed by atoms with E-state index in [1.165, 1.54) is 12.1 Å². The predicted molar refractivity (Wildman–Crippen MR) is 94.5 cm³/mol. The van der Waals surface area contributed by atoms with Gasteiger partial charge in [0.1, 0.15) is 0 Å². The Hall–Kier alpha value is -2.36. The average Bonchev–Trinajstić information content (AvgIpc) is 3.09. The molecule has 0 aliphatic carbocycles. The number of aliphatic hydroxyl groups is 1. The van der Waals surface area contributed by atoms with Crippen molar-refractivity contribution in [2.24, 2.45) is 5.92 Å². The van der Waals surface area contributed by atoms with Crippen LogP contribution in [-0.4, -0.2) is 46.0 Å². The van der Waals surface area contributed by atoms with Gasteiger partial charge in [0.2, 0.25) is 11.7 Å². The van der Waals surface area contributed by atoms with E-state index in [1.807, 2.05) is 20.8 Å². The van der Waals surface area contributed by atoms with Crippen molar-refractivity contribution in [2.45, 2.75) is 32.9 Å². The van der Waals surface area contributed by atoms with Crippen LogP contribution in [0.1, 0.15) is 32.7 Å². The molecule has 9 nitrogen and oxygen atoms in total. The number of non-ortho nitro benzene ring substituents is 1. The summed E-state index contributed by atoms with van der Waals surface area (Å²) in [6.07, 6.45) is -0.631. The van der Waals surface area contributed by atoms with Crippen molar-refractivity contribution >= 4 is 5.69 Å². The lowest BCUT2D eigenvalue weighted by atomic mass is 10.0. The molecule has 2 atom stereocenters. The Kier molecular flexibility index (Phi) is 7.19. The SMILES string of the molecule is CCOCC(O)CNC(c1nc(-c2ccc([N+](=O)[O-])cc2)no1)C(C)C. The Morgan fingerprint density at radius 1 is 1.35 bits per heavy atom. The molecule has 26 heavy (non-hydrogen) atoms. The number of hydrogen-bond donors (Lipinski definition) is 2. The van der Waals surface area contributed by atoms with Gasteiger partial charge in [0, 0.05) is 30.8 Å². The lowest BCUT2D eigenvalue weighted by Crippen LogP contribution is -2.35. The predicted octanol–water partition coefficient (Wildman–Crippen LogP) is 2.33. The normalized spacial score (nSPS) is 13.7. The summed E-state index contributed by atoms with van der Waals surface area (Å²) in [6.45, 7) is 7.01. The van der Waals surface area contributed by atoms with E-state index in [9.17, 15) is 15.2 Å². The Morgan fingerprint density at radius 3 is 2.62 bits per heavy atom. The molecule has 2 aromatic rings. The average molecular weight is 364 g/mol. The molecule has 2 unspecified atom stereocenters. The van der Waals surface area contributed by atoms with Gasteiger partial charge in [0.25, 0.3) is 5.69 Å². The van der Waals surface area contributed by atoms with E-state index in [0.29, 0.717) is 30.4 Å². The molecule has 0 aliphatic rings. The maximum absolute atomic E-state index is 10.7. The van der Waals surface area contributed by atoms with Crippen LogP contribution in [0.2, 0.25) is 0 Å². The largest absolute Gasteiger partial charge is 0.389 e. The molecule has 0 bridgehead atoms. The number of nitro groups is 1. The minimum atomic E-state index is -0.631. The van der Waals surface area contributed by atoms with Crippen molar-refractivity contribution in [1.29, 1.82) is 0 Å². The fourth-order valence-corrected chi connectivity index (χ4v) is 2.39. The van der Waals surface area contributed by atoms with Gasteiger partial charge >= 0.3 is 0 Å². The molecule has 2 N–H and O–H groups in total. The van der Waals surface area contributed by atoms with Crippen LogP contribution in [0.4, 0.5) is 5.69 Å². The number of benzene rings is 1. The van der Waals surface area contributed by atoms with E-state index < -0.39 is 11.0 Å². The number of hydrogen-bond acceptors (Lipinski definition) is 8. The van der Waals surface area contributed by atoms with E-state index in [2.05, 4.69) is 15.5 Å². The smallest absolute Gasteiger partial charge is 0.269 e. The molecule has 9 heteroatoms. The number of ether oxygens (including phenoxy) is 1. The third-order valence-electron chi connectivity index (χ3n) is 3.80. The van der Waals surface area contributed by atoms with E-state index in [0.717, 1.165) is 0 Å². The first-order valence-corrected chi connectivity index (χ1v) is 8.50. The summed E-state index contributed by atoms with van der Waals surface area (Å²) in [5.74, 6) is 0.911. The zero-order chi connectivity index (χ0) is 19.1.